The van der Waals surface area contributed by atoms with Crippen LogP contribution in [0.1, 0.15) is 12.0 Å². The molecule has 0 aromatic heterocycles. The van der Waals surface area contributed by atoms with Gasteiger partial charge in [-0.25, -0.2) is 0 Å². The number of methoxy groups -OCH3 is 1. The van der Waals surface area contributed by atoms with Crippen molar-refractivity contribution < 1.29 is 23.0 Å². The zero-order chi connectivity index (χ0) is 15.5. The number of aliphatic hydroxyl groups excluding tert-OH is 1. The molecule has 0 fully saturated rings. The molecule has 0 aliphatic carbocycles. The van der Waals surface area contributed by atoms with Gasteiger partial charge >= 0.3 is 6.18 Å². The molecular weight excluding hydrogens is 285 g/mol. The lowest BCUT2D eigenvalue weighted by Crippen LogP contribution is -2.31. The number of rotatable bonds is 5. The van der Waals surface area contributed by atoms with Crippen LogP contribution < -0.4 is 4.74 Å². The zero-order valence-corrected chi connectivity index (χ0v) is 11.6. The fourth-order valence-electron chi connectivity index (χ4n) is 2.32. The summed E-state index contributed by atoms with van der Waals surface area (Å²) in [6.07, 6.45) is -4.13. The number of β-amino-alcohol motifs (C(OH)–C–C–N with tert-alkyl or cyclic N) is 1. The van der Waals surface area contributed by atoms with E-state index in [0.29, 0.717) is 12.2 Å². The van der Waals surface area contributed by atoms with E-state index in [1.54, 1.807) is 19.2 Å². The molecule has 0 amide bonds. The number of hydrogen-bond acceptors (Lipinski definition) is 4. The second-order valence-electron chi connectivity index (χ2n) is 4.84. The first kappa shape index (κ1) is 15.6. The summed E-state index contributed by atoms with van der Waals surface area (Å²) < 4.78 is 43.3. The van der Waals surface area contributed by atoms with Crippen LogP contribution in [0.25, 0.3) is 0 Å². The molecule has 0 spiro atoms. The third-order valence-electron chi connectivity index (χ3n) is 3.39. The zero-order valence-electron chi connectivity index (χ0n) is 11.6. The maximum atomic E-state index is 12.7. The Labute approximate surface area is 120 Å². The number of aliphatic hydroxyl groups is 1. The van der Waals surface area contributed by atoms with Crippen molar-refractivity contribution in [3.05, 3.63) is 29.8 Å². The second-order valence-corrected chi connectivity index (χ2v) is 4.84. The Morgan fingerprint density at radius 3 is 2.52 bits per heavy atom. The minimum absolute atomic E-state index is 0.0976. The monoisotopic (exact) mass is 302 g/mol. The molecule has 7 heteroatoms. The van der Waals surface area contributed by atoms with Crippen molar-refractivity contribution in [1.82, 2.24) is 5.01 Å². The van der Waals surface area contributed by atoms with Gasteiger partial charge in [-0.3, -0.25) is 5.01 Å². The summed E-state index contributed by atoms with van der Waals surface area (Å²) in [5, 5.41) is 13.9. The van der Waals surface area contributed by atoms with E-state index in [0.717, 1.165) is 5.56 Å². The van der Waals surface area contributed by atoms with Crippen molar-refractivity contribution in [2.45, 2.75) is 25.1 Å². The maximum Gasteiger partial charge on any atom is 0.431 e. The van der Waals surface area contributed by atoms with Gasteiger partial charge < -0.3 is 9.84 Å². The first-order valence-electron chi connectivity index (χ1n) is 6.59. The van der Waals surface area contributed by atoms with Crippen LogP contribution in [0.5, 0.6) is 5.75 Å². The van der Waals surface area contributed by atoms with Gasteiger partial charge in [0.1, 0.15) is 11.5 Å². The Morgan fingerprint density at radius 2 is 2.00 bits per heavy atom. The molecule has 116 valence electrons. The molecule has 1 aromatic carbocycles. The molecule has 1 unspecified atom stereocenters. The van der Waals surface area contributed by atoms with Crippen molar-refractivity contribution in [2.24, 2.45) is 5.10 Å². The molecule has 1 aromatic rings. The third kappa shape index (κ3) is 3.87. The van der Waals surface area contributed by atoms with Gasteiger partial charge in [0.2, 0.25) is 0 Å². The van der Waals surface area contributed by atoms with Crippen LogP contribution in [0.3, 0.4) is 0 Å². The van der Waals surface area contributed by atoms with Gasteiger partial charge in [-0.15, -0.1) is 0 Å². The smallest absolute Gasteiger partial charge is 0.431 e. The van der Waals surface area contributed by atoms with Crippen molar-refractivity contribution in [3.8, 4) is 5.75 Å². The fraction of sp³-hybridized carbons (Fsp3) is 0.500. The summed E-state index contributed by atoms with van der Waals surface area (Å²) in [6, 6.07) is 6.80. The predicted molar refractivity (Wildman–Crippen MR) is 72.4 cm³/mol. The van der Waals surface area contributed by atoms with Crippen LogP contribution in [0.4, 0.5) is 13.2 Å². The van der Waals surface area contributed by atoms with Crippen LogP contribution in [0.15, 0.2) is 29.4 Å². The van der Waals surface area contributed by atoms with Crippen molar-refractivity contribution in [3.63, 3.8) is 0 Å². The Bertz CT molecular complexity index is 500. The van der Waals surface area contributed by atoms with Crippen LogP contribution in [-0.2, 0) is 6.42 Å². The Kier molecular flexibility index (Phi) is 4.72. The molecule has 0 saturated heterocycles. The van der Waals surface area contributed by atoms with E-state index in [9.17, 15) is 13.2 Å². The number of nitrogens with zero attached hydrogens (tertiary/aromatic N) is 2. The SMILES string of the molecule is COc1ccc(CC2CC(C(F)(F)F)=NN2CCO)cc1. The summed E-state index contributed by atoms with van der Waals surface area (Å²) in [5.41, 5.74) is 0.122. The molecule has 1 aliphatic rings. The van der Waals surface area contributed by atoms with Crippen molar-refractivity contribution in [1.29, 1.82) is 0 Å². The van der Waals surface area contributed by atoms with Gasteiger partial charge in [0.25, 0.3) is 0 Å². The Balaban J connectivity index is 2.08. The molecule has 21 heavy (non-hydrogen) atoms. The summed E-state index contributed by atoms with van der Waals surface area (Å²) >= 11 is 0. The number of benzene rings is 1. The first-order valence-corrected chi connectivity index (χ1v) is 6.59. The van der Waals surface area contributed by atoms with E-state index in [1.807, 2.05) is 12.1 Å². The lowest BCUT2D eigenvalue weighted by atomic mass is 10.0. The van der Waals surface area contributed by atoms with E-state index in [1.165, 1.54) is 5.01 Å². The number of halogens is 3. The molecular formula is C14H17F3N2O2. The third-order valence-corrected chi connectivity index (χ3v) is 3.39. The molecule has 0 saturated carbocycles. The largest absolute Gasteiger partial charge is 0.497 e. The van der Waals surface area contributed by atoms with Crippen LogP contribution in [-0.4, -0.2) is 48.3 Å². The van der Waals surface area contributed by atoms with Crippen LogP contribution >= 0.6 is 0 Å². The molecule has 1 N–H and O–H groups in total. The Morgan fingerprint density at radius 1 is 1.33 bits per heavy atom. The summed E-state index contributed by atoms with van der Waals surface area (Å²) in [5.74, 6) is 0.699. The predicted octanol–water partition coefficient (Wildman–Crippen LogP) is 2.22. The number of hydrogen-bond donors (Lipinski definition) is 1. The number of alkyl halides is 3. The van der Waals surface area contributed by atoms with Crippen LogP contribution in [0, 0.1) is 0 Å². The van der Waals surface area contributed by atoms with Crippen LogP contribution in [0.2, 0.25) is 0 Å². The highest BCUT2D eigenvalue weighted by atomic mass is 19.4. The number of hydrazone groups is 1. The van der Waals surface area contributed by atoms with E-state index in [4.69, 9.17) is 9.84 Å². The normalized spacial score (nSPS) is 18.8. The van der Waals surface area contributed by atoms with E-state index in [2.05, 4.69) is 5.10 Å². The van der Waals surface area contributed by atoms with Crippen molar-refractivity contribution in [2.75, 3.05) is 20.3 Å². The highest BCUT2D eigenvalue weighted by Gasteiger charge is 2.42. The van der Waals surface area contributed by atoms with Gasteiger partial charge in [-0.05, 0) is 24.1 Å². The molecule has 4 nitrogen and oxygen atoms in total. The quantitative estimate of drug-likeness (QED) is 0.907. The second kappa shape index (κ2) is 6.34. The van der Waals surface area contributed by atoms with Gasteiger partial charge in [0.05, 0.1) is 26.3 Å². The average Bonchev–Trinajstić information content (AvgIpc) is 2.83. The standard InChI is InChI=1S/C14H17F3N2O2/c1-21-12-4-2-10(3-5-12)8-11-9-13(14(15,16)17)18-19(11)6-7-20/h2-5,11,20H,6-9H2,1H3. The van der Waals surface area contributed by atoms with Gasteiger partial charge in [-0.1, -0.05) is 12.1 Å². The average molecular weight is 302 g/mol. The first-order chi connectivity index (χ1) is 9.94. The van der Waals surface area contributed by atoms with Gasteiger partial charge in [0.15, 0.2) is 0 Å². The van der Waals surface area contributed by atoms with E-state index < -0.39 is 11.9 Å². The maximum absolute atomic E-state index is 12.7. The highest BCUT2D eigenvalue weighted by molar-refractivity contribution is 5.91. The molecule has 0 bridgehead atoms. The van der Waals surface area contributed by atoms with E-state index in [-0.39, 0.29) is 25.6 Å². The summed E-state index contributed by atoms with van der Waals surface area (Å²) in [7, 11) is 1.55. The fourth-order valence-corrected chi connectivity index (χ4v) is 2.32. The van der Waals surface area contributed by atoms with Gasteiger partial charge in [-0.2, -0.15) is 18.3 Å². The topological polar surface area (TPSA) is 45.1 Å². The lowest BCUT2D eigenvalue weighted by molar-refractivity contribution is -0.0601. The van der Waals surface area contributed by atoms with Crippen molar-refractivity contribution >= 4 is 5.71 Å². The molecule has 1 atom stereocenters. The molecule has 1 heterocycles. The summed E-state index contributed by atoms with van der Waals surface area (Å²) in [4.78, 5) is 0. The Hall–Kier alpha value is -1.76. The number of ether oxygens (including phenoxy) is 1. The molecule has 1 aliphatic heterocycles. The van der Waals surface area contributed by atoms with E-state index >= 15 is 0 Å². The highest BCUT2D eigenvalue weighted by Crippen LogP contribution is 2.29. The summed E-state index contributed by atoms with van der Waals surface area (Å²) in [6.45, 7) is -0.131. The minimum Gasteiger partial charge on any atom is -0.497 e. The molecule has 0 radical (unpaired) electrons. The lowest BCUT2D eigenvalue weighted by Gasteiger charge is -2.22. The minimum atomic E-state index is -4.41. The van der Waals surface area contributed by atoms with Gasteiger partial charge in [0, 0.05) is 6.42 Å². The molecule has 2 rings (SSSR count).